The van der Waals surface area contributed by atoms with Crippen LogP contribution in [0.25, 0.3) is 0 Å². The number of carbonyl (C=O) groups is 1. The number of carbonyl (C=O) groups excluding carboxylic acids is 1. The average Bonchev–Trinajstić information content (AvgIpc) is 2.47. The van der Waals surface area contributed by atoms with Gasteiger partial charge in [-0.15, -0.1) is 0 Å². The predicted molar refractivity (Wildman–Crippen MR) is 92.0 cm³/mol. The molecule has 0 aliphatic rings. The van der Waals surface area contributed by atoms with E-state index in [1.807, 2.05) is 43.1 Å². The normalized spacial score (nSPS) is 10.7. The lowest BCUT2D eigenvalue weighted by Crippen LogP contribution is -2.29. The van der Waals surface area contributed by atoms with Crippen LogP contribution in [0.1, 0.15) is 23.6 Å². The van der Waals surface area contributed by atoms with Gasteiger partial charge in [-0.05, 0) is 49.2 Å². The van der Waals surface area contributed by atoms with E-state index >= 15 is 0 Å². The van der Waals surface area contributed by atoms with E-state index in [2.05, 4.69) is 36.5 Å². The van der Waals surface area contributed by atoms with Gasteiger partial charge in [-0.3, -0.25) is 9.69 Å². The maximum absolute atomic E-state index is 12.1. The Morgan fingerprint density at radius 3 is 2.41 bits per heavy atom. The van der Waals surface area contributed by atoms with Gasteiger partial charge < -0.3 is 5.32 Å². The fourth-order valence-corrected chi connectivity index (χ4v) is 2.42. The second-order valence-electron chi connectivity index (χ2n) is 5.76. The number of anilines is 1. The van der Waals surface area contributed by atoms with Crippen LogP contribution in [0.3, 0.4) is 0 Å². The smallest absolute Gasteiger partial charge is 0.238 e. The highest BCUT2D eigenvalue weighted by atomic mass is 16.2. The van der Waals surface area contributed by atoms with Gasteiger partial charge in [0.15, 0.2) is 0 Å². The summed E-state index contributed by atoms with van der Waals surface area (Å²) in [6, 6.07) is 16.4. The topological polar surface area (TPSA) is 32.3 Å². The summed E-state index contributed by atoms with van der Waals surface area (Å²) in [6.45, 7) is 5.31. The van der Waals surface area contributed by atoms with Crippen molar-refractivity contribution >= 4 is 11.6 Å². The first-order chi connectivity index (χ1) is 10.6. The first kappa shape index (κ1) is 16.2. The van der Waals surface area contributed by atoms with Gasteiger partial charge in [-0.2, -0.15) is 0 Å². The molecule has 0 aliphatic heterocycles. The highest BCUT2D eigenvalue weighted by Crippen LogP contribution is 2.10. The first-order valence-corrected chi connectivity index (χ1v) is 7.69. The number of benzene rings is 2. The van der Waals surface area contributed by atoms with Crippen molar-refractivity contribution in [2.24, 2.45) is 0 Å². The van der Waals surface area contributed by atoms with Gasteiger partial charge in [0.25, 0.3) is 0 Å². The zero-order valence-corrected chi connectivity index (χ0v) is 13.6. The van der Waals surface area contributed by atoms with Crippen molar-refractivity contribution in [1.29, 1.82) is 0 Å². The molecule has 0 aromatic heterocycles. The largest absolute Gasteiger partial charge is 0.325 e. The molecule has 22 heavy (non-hydrogen) atoms. The molecular weight excluding hydrogens is 272 g/mol. The number of aryl methyl sites for hydroxylation is 2. The summed E-state index contributed by atoms with van der Waals surface area (Å²) in [5, 5.41) is 2.94. The Labute approximate surface area is 133 Å². The Hall–Kier alpha value is -2.13. The molecule has 0 bridgehead atoms. The van der Waals surface area contributed by atoms with E-state index in [1.165, 1.54) is 11.1 Å². The molecule has 1 N–H and O–H groups in total. The molecule has 0 saturated carbocycles. The van der Waals surface area contributed by atoms with Crippen LogP contribution in [-0.2, 0) is 17.8 Å². The minimum atomic E-state index is 0.0123. The van der Waals surface area contributed by atoms with Gasteiger partial charge in [0, 0.05) is 12.2 Å². The fraction of sp³-hybridized carbons (Fsp3) is 0.316. The Balaban J connectivity index is 1.85. The number of nitrogens with one attached hydrogen (secondary N) is 1. The molecule has 0 unspecified atom stereocenters. The average molecular weight is 296 g/mol. The molecule has 2 aromatic carbocycles. The molecule has 3 heteroatoms. The molecule has 1 amide bonds. The number of hydrogen-bond donors (Lipinski definition) is 1. The first-order valence-electron chi connectivity index (χ1n) is 7.69. The highest BCUT2D eigenvalue weighted by Gasteiger charge is 2.07. The van der Waals surface area contributed by atoms with E-state index in [0.29, 0.717) is 6.54 Å². The predicted octanol–water partition coefficient (Wildman–Crippen LogP) is 3.63. The third kappa shape index (κ3) is 5.01. The van der Waals surface area contributed by atoms with E-state index in [9.17, 15) is 4.79 Å². The van der Waals surface area contributed by atoms with Crippen LogP contribution in [0.5, 0.6) is 0 Å². The minimum Gasteiger partial charge on any atom is -0.325 e. The monoisotopic (exact) mass is 296 g/mol. The Bertz CT molecular complexity index is 620. The summed E-state index contributed by atoms with van der Waals surface area (Å²) in [7, 11) is 1.96. The molecule has 0 heterocycles. The second kappa shape index (κ2) is 7.76. The highest BCUT2D eigenvalue weighted by molar-refractivity contribution is 5.92. The van der Waals surface area contributed by atoms with E-state index in [0.717, 1.165) is 24.2 Å². The molecule has 0 atom stereocenters. The maximum Gasteiger partial charge on any atom is 0.238 e. The second-order valence-corrected chi connectivity index (χ2v) is 5.76. The number of rotatable bonds is 6. The molecule has 2 rings (SSSR count). The van der Waals surface area contributed by atoms with Crippen molar-refractivity contribution < 1.29 is 4.79 Å². The Morgan fingerprint density at radius 1 is 1.09 bits per heavy atom. The summed E-state index contributed by atoms with van der Waals surface area (Å²) < 4.78 is 0. The molecular formula is C19H24N2O. The number of amides is 1. The van der Waals surface area contributed by atoms with Crippen LogP contribution < -0.4 is 5.32 Å². The van der Waals surface area contributed by atoms with Gasteiger partial charge in [0.1, 0.15) is 0 Å². The van der Waals surface area contributed by atoms with Gasteiger partial charge in [-0.25, -0.2) is 0 Å². The third-order valence-corrected chi connectivity index (χ3v) is 3.60. The van der Waals surface area contributed by atoms with Gasteiger partial charge >= 0.3 is 0 Å². The molecule has 0 radical (unpaired) electrons. The zero-order chi connectivity index (χ0) is 15.9. The molecule has 3 nitrogen and oxygen atoms in total. The SMILES string of the molecule is CCc1ccc(CN(C)CC(=O)Nc2cccc(C)c2)cc1. The molecule has 116 valence electrons. The van der Waals surface area contributed by atoms with Crippen LogP contribution >= 0.6 is 0 Å². The molecule has 0 saturated heterocycles. The van der Waals surface area contributed by atoms with E-state index in [4.69, 9.17) is 0 Å². The van der Waals surface area contributed by atoms with Gasteiger partial charge in [0.05, 0.1) is 6.54 Å². The summed E-state index contributed by atoms with van der Waals surface area (Å²) in [6.07, 6.45) is 1.05. The molecule has 2 aromatic rings. The Kier molecular flexibility index (Phi) is 5.73. The van der Waals surface area contributed by atoms with Crippen molar-refractivity contribution in [3.63, 3.8) is 0 Å². The Morgan fingerprint density at radius 2 is 1.77 bits per heavy atom. The molecule has 0 aliphatic carbocycles. The van der Waals surface area contributed by atoms with Crippen LogP contribution in [0, 0.1) is 6.92 Å². The van der Waals surface area contributed by atoms with Crippen molar-refractivity contribution in [3.8, 4) is 0 Å². The molecule has 0 fully saturated rings. The number of likely N-dealkylation sites (N-methyl/N-ethyl adjacent to an activating group) is 1. The lowest BCUT2D eigenvalue weighted by Gasteiger charge is -2.16. The van der Waals surface area contributed by atoms with Crippen molar-refractivity contribution in [2.75, 3.05) is 18.9 Å². The van der Waals surface area contributed by atoms with Crippen LogP contribution in [0.4, 0.5) is 5.69 Å². The van der Waals surface area contributed by atoms with Crippen molar-refractivity contribution in [2.45, 2.75) is 26.8 Å². The van der Waals surface area contributed by atoms with Crippen LogP contribution in [0.2, 0.25) is 0 Å². The van der Waals surface area contributed by atoms with Crippen LogP contribution in [-0.4, -0.2) is 24.4 Å². The summed E-state index contributed by atoms with van der Waals surface area (Å²) >= 11 is 0. The quantitative estimate of drug-likeness (QED) is 0.883. The number of nitrogens with zero attached hydrogens (tertiary/aromatic N) is 1. The van der Waals surface area contributed by atoms with E-state index in [1.54, 1.807) is 0 Å². The summed E-state index contributed by atoms with van der Waals surface area (Å²) in [5.41, 5.74) is 4.56. The van der Waals surface area contributed by atoms with Gasteiger partial charge in [0.2, 0.25) is 5.91 Å². The third-order valence-electron chi connectivity index (χ3n) is 3.60. The zero-order valence-electron chi connectivity index (χ0n) is 13.6. The van der Waals surface area contributed by atoms with Crippen molar-refractivity contribution in [3.05, 3.63) is 65.2 Å². The minimum absolute atomic E-state index is 0.0123. The van der Waals surface area contributed by atoms with E-state index in [-0.39, 0.29) is 5.91 Å². The standard InChI is InChI=1S/C19H24N2O/c1-4-16-8-10-17(11-9-16)13-21(3)14-19(22)20-18-7-5-6-15(2)12-18/h5-12H,4,13-14H2,1-3H3,(H,20,22). The summed E-state index contributed by atoms with van der Waals surface area (Å²) in [5.74, 6) is 0.0123. The number of hydrogen-bond acceptors (Lipinski definition) is 2. The van der Waals surface area contributed by atoms with Crippen molar-refractivity contribution in [1.82, 2.24) is 4.90 Å². The fourth-order valence-electron chi connectivity index (χ4n) is 2.42. The lowest BCUT2D eigenvalue weighted by molar-refractivity contribution is -0.117. The van der Waals surface area contributed by atoms with Gasteiger partial charge in [-0.1, -0.05) is 43.3 Å². The lowest BCUT2D eigenvalue weighted by atomic mass is 10.1. The molecule has 0 spiro atoms. The van der Waals surface area contributed by atoms with Crippen LogP contribution in [0.15, 0.2) is 48.5 Å². The van der Waals surface area contributed by atoms with E-state index < -0.39 is 0 Å². The summed E-state index contributed by atoms with van der Waals surface area (Å²) in [4.78, 5) is 14.1. The maximum atomic E-state index is 12.1.